The van der Waals surface area contributed by atoms with Crippen LogP contribution in [0.1, 0.15) is 117 Å². The van der Waals surface area contributed by atoms with E-state index in [1.54, 1.807) is 0 Å². The molecule has 0 saturated heterocycles. The lowest BCUT2D eigenvalue weighted by Gasteiger charge is -2.24. The number of likely N-dealkylation sites (N-methyl/N-ethyl adjacent to an activating group) is 1. The highest BCUT2D eigenvalue weighted by Gasteiger charge is 2.13. The highest BCUT2D eigenvalue weighted by Crippen LogP contribution is 2.38. The second-order valence-corrected chi connectivity index (χ2v) is 11.4. The zero-order chi connectivity index (χ0) is 24.6. The molecule has 0 bridgehead atoms. The number of phosphoric acid groups is 1. The summed E-state index contributed by atoms with van der Waals surface area (Å²) in [6, 6.07) is 0. The summed E-state index contributed by atoms with van der Waals surface area (Å²) in [6.07, 6.45) is 21.8. The molecule has 0 saturated carbocycles. The average molecular weight is 494 g/mol. The molecule has 0 spiro atoms. The third kappa shape index (κ3) is 26.5. The Balaban J connectivity index is 3.32. The Morgan fingerprint density at radius 1 is 0.697 bits per heavy atom. The van der Waals surface area contributed by atoms with Crippen LogP contribution in [0.2, 0.25) is 0 Å². The average Bonchev–Trinajstić information content (AvgIpc) is 2.76. The van der Waals surface area contributed by atoms with E-state index in [1.807, 2.05) is 21.0 Å². The second kappa shape index (κ2) is 23.8. The van der Waals surface area contributed by atoms with Crippen LogP contribution in [0.4, 0.5) is 0 Å². The van der Waals surface area contributed by atoms with Crippen LogP contribution >= 0.6 is 7.82 Å². The highest BCUT2D eigenvalue weighted by molar-refractivity contribution is 7.45. The van der Waals surface area contributed by atoms with E-state index in [0.717, 1.165) is 17.9 Å². The topological polar surface area (TPSA) is 72.3 Å². The summed E-state index contributed by atoms with van der Waals surface area (Å²) in [5, 5.41) is 0. The minimum Gasteiger partial charge on any atom is -0.756 e. The van der Waals surface area contributed by atoms with Gasteiger partial charge in [0.05, 0.1) is 27.3 Å². The van der Waals surface area contributed by atoms with Crippen molar-refractivity contribution < 1.29 is 28.1 Å². The molecule has 0 aromatic carbocycles. The zero-order valence-corrected chi connectivity index (χ0v) is 23.3. The van der Waals surface area contributed by atoms with Crippen LogP contribution in [0.3, 0.4) is 0 Å². The summed E-state index contributed by atoms with van der Waals surface area (Å²) in [4.78, 5) is 12.8. The van der Waals surface area contributed by atoms with Crippen LogP contribution in [0, 0.1) is 5.92 Å². The van der Waals surface area contributed by atoms with Crippen molar-refractivity contribution in [1.82, 2.24) is 0 Å². The lowest BCUT2D eigenvalue weighted by molar-refractivity contribution is -0.858. The molecule has 0 aromatic heterocycles. The van der Waals surface area contributed by atoms with Crippen LogP contribution in [0.5, 0.6) is 0 Å². The van der Waals surface area contributed by atoms with Crippen LogP contribution in [-0.4, -0.2) is 47.1 Å². The molecular formula is C26H56NO5P. The van der Waals surface area contributed by atoms with Gasteiger partial charge < -0.3 is 23.6 Å². The van der Waals surface area contributed by atoms with Gasteiger partial charge in [-0.2, -0.15) is 0 Å². The summed E-state index contributed by atoms with van der Waals surface area (Å²) >= 11 is 0. The van der Waals surface area contributed by atoms with Crippen molar-refractivity contribution >= 4 is 7.82 Å². The van der Waals surface area contributed by atoms with Crippen molar-refractivity contribution in [2.45, 2.75) is 117 Å². The number of phosphoric ester groups is 1. The van der Waals surface area contributed by atoms with Crippen LogP contribution < -0.4 is 9.79 Å². The maximum atomic E-state index is 11.7. The molecule has 0 fully saturated rings. The van der Waals surface area contributed by atoms with Crippen LogP contribution in [0.15, 0.2) is 0 Å². The van der Waals surface area contributed by atoms with E-state index in [1.165, 1.54) is 96.3 Å². The van der Waals surface area contributed by atoms with E-state index >= 15 is 0 Å². The Bertz CT molecular complexity index is 450. The quantitative estimate of drug-likeness (QED) is 0.126. The smallest absolute Gasteiger partial charge is 0.268 e. The Morgan fingerprint density at radius 2 is 1.15 bits per heavy atom. The Hall–Kier alpha value is 0.0300. The molecular weight excluding hydrogens is 437 g/mol. The fraction of sp³-hybridized carbons (Fsp3) is 1.00. The molecule has 33 heavy (non-hydrogen) atoms. The fourth-order valence-electron chi connectivity index (χ4n) is 3.70. The maximum Gasteiger partial charge on any atom is 0.268 e. The van der Waals surface area contributed by atoms with Crippen LogP contribution in [-0.2, 0) is 18.3 Å². The van der Waals surface area contributed by atoms with E-state index in [-0.39, 0.29) is 19.1 Å². The standard InChI is InChI=1S/C26H56NO5P/c1-5-6-7-8-9-10-11-12-13-14-15-16-17-18-19-20-22-30-24-26(2)25-32-33(28,29)31-23-21-27(3)4/h26H,5-25H2,1-4H3,(H,28,29)/t26-/m1/s1. The van der Waals surface area contributed by atoms with Crippen molar-refractivity contribution in [2.24, 2.45) is 5.92 Å². The number of nitrogens with one attached hydrogen (secondary N) is 1. The molecule has 0 radical (unpaired) electrons. The van der Waals surface area contributed by atoms with Gasteiger partial charge in [0.2, 0.25) is 0 Å². The van der Waals surface area contributed by atoms with Gasteiger partial charge >= 0.3 is 0 Å². The van der Waals surface area contributed by atoms with E-state index in [0.29, 0.717) is 13.2 Å². The largest absolute Gasteiger partial charge is 0.756 e. The molecule has 200 valence electrons. The first-order valence-electron chi connectivity index (χ1n) is 13.8. The van der Waals surface area contributed by atoms with Gasteiger partial charge in [-0.1, -0.05) is 110 Å². The van der Waals surface area contributed by atoms with Gasteiger partial charge in [-0.3, -0.25) is 4.57 Å². The molecule has 0 rings (SSSR count). The minimum absolute atomic E-state index is 0.0245. The van der Waals surface area contributed by atoms with Crippen molar-refractivity contribution in [1.29, 1.82) is 0 Å². The van der Waals surface area contributed by atoms with E-state index in [4.69, 9.17) is 13.8 Å². The SMILES string of the molecule is CCCCCCCCCCCCCCCCCCOC[C@@H](C)COP(=O)([O-])OCC[NH+](C)C. The van der Waals surface area contributed by atoms with Gasteiger partial charge in [0, 0.05) is 12.5 Å². The number of rotatable bonds is 26. The van der Waals surface area contributed by atoms with Crippen LogP contribution in [0.25, 0.3) is 0 Å². The Kier molecular flexibility index (Phi) is 23.8. The molecule has 0 amide bonds. The van der Waals surface area contributed by atoms with E-state index < -0.39 is 7.82 Å². The van der Waals surface area contributed by atoms with Gasteiger partial charge in [0.15, 0.2) is 0 Å². The Morgan fingerprint density at radius 3 is 1.61 bits per heavy atom. The van der Waals surface area contributed by atoms with E-state index in [2.05, 4.69) is 6.92 Å². The molecule has 6 nitrogen and oxygen atoms in total. The molecule has 0 aliphatic carbocycles. The normalized spacial score (nSPS) is 14.6. The zero-order valence-electron chi connectivity index (χ0n) is 22.4. The van der Waals surface area contributed by atoms with E-state index in [9.17, 15) is 9.46 Å². The summed E-state index contributed by atoms with van der Waals surface area (Å²) in [5.41, 5.74) is 0. The predicted molar refractivity (Wildman–Crippen MR) is 137 cm³/mol. The third-order valence-corrected chi connectivity index (χ3v) is 6.88. The van der Waals surface area contributed by atoms with Crippen molar-refractivity contribution in [3.63, 3.8) is 0 Å². The monoisotopic (exact) mass is 493 g/mol. The second-order valence-electron chi connectivity index (χ2n) is 10.0. The molecule has 1 N–H and O–H groups in total. The first-order valence-corrected chi connectivity index (χ1v) is 15.3. The summed E-state index contributed by atoms with van der Waals surface area (Å²) in [5.74, 6) is 0.0245. The van der Waals surface area contributed by atoms with Crippen molar-refractivity contribution in [3.05, 3.63) is 0 Å². The Labute approximate surface area is 205 Å². The van der Waals surface area contributed by atoms with Gasteiger partial charge in [-0.15, -0.1) is 0 Å². The summed E-state index contributed by atoms with van der Waals surface area (Å²) in [6.45, 7) is 6.33. The van der Waals surface area contributed by atoms with Crippen molar-refractivity contribution in [2.75, 3.05) is 47.1 Å². The summed E-state index contributed by atoms with van der Waals surface area (Å²) in [7, 11) is -0.314. The highest BCUT2D eigenvalue weighted by atomic mass is 31.2. The molecule has 0 heterocycles. The van der Waals surface area contributed by atoms with Gasteiger partial charge in [-0.05, 0) is 6.42 Å². The van der Waals surface area contributed by atoms with Gasteiger partial charge in [-0.25, -0.2) is 0 Å². The number of unbranched alkanes of at least 4 members (excludes halogenated alkanes) is 15. The predicted octanol–water partition coefficient (Wildman–Crippen LogP) is 5.55. The molecule has 1 unspecified atom stereocenters. The molecule has 0 aliphatic rings. The molecule has 7 heteroatoms. The van der Waals surface area contributed by atoms with Gasteiger partial charge in [0.25, 0.3) is 7.82 Å². The minimum atomic E-state index is -4.20. The van der Waals surface area contributed by atoms with Gasteiger partial charge in [0.1, 0.15) is 13.2 Å². The third-order valence-electron chi connectivity index (χ3n) is 5.91. The number of ether oxygens (including phenoxy) is 1. The molecule has 0 aliphatic heterocycles. The fourth-order valence-corrected chi connectivity index (χ4v) is 4.53. The number of quaternary nitrogens is 1. The lowest BCUT2D eigenvalue weighted by Crippen LogP contribution is -3.06. The van der Waals surface area contributed by atoms with Crippen molar-refractivity contribution in [3.8, 4) is 0 Å². The lowest BCUT2D eigenvalue weighted by atomic mass is 10.0. The number of hydrogen-bond donors (Lipinski definition) is 1. The first kappa shape index (κ1) is 33.0. The molecule has 2 atom stereocenters. The maximum absolute atomic E-state index is 11.7. The summed E-state index contributed by atoms with van der Waals surface area (Å²) < 4.78 is 27.2. The first-order chi connectivity index (χ1) is 15.9. The number of hydrogen-bond acceptors (Lipinski definition) is 5. The molecule has 0 aromatic rings.